The van der Waals surface area contributed by atoms with Crippen LogP contribution in [0.5, 0.6) is 11.5 Å². The van der Waals surface area contributed by atoms with Gasteiger partial charge in [0.2, 0.25) is 5.16 Å². The lowest BCUT2D eigenvalue weighted by atomic mass is 10.2. The van der Waals surface area contributed by atoms with Crippen LogP contribution in [0, 0.1) is 0 Å². The van der Waals surface area contributed by atoms with Gasteiger partial charge in [-0.2, -0.15) is 4.68 Å². The average Bonchev–Trinajstić information content (AvgIpc) is 3.34. The Hall–Kier alpha value is -2.49. The van der Waals surface area contributed by atoms with Crippen molar-refractivity contribution in [3.63, 3.8) is 0 Å². The second kappa shape index (κ2) is 13.2. The van der Waals surface area contributed by atoms with Gasteiger partial charge in [-0.05, 0) is 53.2 Å². The molecule has 7 nitrogen and oxygen atoms in total. The van der Waals surface area contributed by atoms with Gasteiger partial charge in [-0.1, -0.05) is 70.8 Å². The molecule has 1 aromatic heterocycles. The Balaban J connectivity index is 1.32. The summed E-state index contributed by atoms with van der Waals surface area (Å²) in [6.45, 7) is 4.00. The van der Waals surface area contributed by atoms with Crippen LogP contribution in [-0.4, -0.2) is 39.1 Å². The van der Waals surface area contributed by atoms with Crippen molar-refractivity contribution >= 4 is 46.6 Å². The lowest BCUT2D eigenvalue weighted by molar-refractivity contribution is 0.269. The number of benzene rings is 3. The molecule has 11 heteroatoms. The maximum absolute atomic E-state index is 6.56. The van der Waals surface area contributed by atoms with Crippen molar-refractivity contribution in [3.8, 4) is 17.2 Å². The molecule has 0 saturated heterocycles. The summed E-state index contributed by atoms with van der Waals surface area (Å²) >= 11 is 20.4. The van der Waals surface area contributed by atoms with E-state index in [0.717, 1.165) is 34.3 Å². The number of aromatic nitrogens is 4. The molecule has 1 heterocycles. The van der Waals surface area contributed by atoms with E-state index in [-0.39, 0.29) is 6.61 Å². The van der Waals surface area contributed by atoms with E-state index in [4.69, 9.17) is 44.3 Å². The largest absolute Gasteiger partial charge is 0.490 e. The molecule has 0 atom stereocenters. The molecule has 0 amide bonds. The number of halogens is 3. The standard InChI is InChI=1S/C25H24Cl3N5O2S/c1-2-34-23-12-18(22(28)14-24(23)35-16-17-8-9-19(26)13-21(17)27)15-29-10-11-36-25-30-31-32-33(25)20-6-4-3-5-7-20/h3-9,12-14,29H,2,10-11,15-16H2,1H3. The van der Waals surface area contributed by atoms with Crippen molar-refractivity contribution in [2.24, 2.45) is 0 Å². The topological polar surface area (TPSA) is 74.1 Å². The van der Waals surface area contributed by atoms with Crippen LogP contribution in [0.1, 0.15) is 18.1 Å². The molecule has 0 spiro atoms. The fraction of sp³-hybridized carbons (Fsp3) is 0.240. The monoisotopic (exact) mass is 563 g/mol. The van der Waals surface area contributed by atoms with E-state index in [2.05, 4.69) is 20.8 Å². The van der Waals surface area contributed by atoms with Gasteiger partial charge in [0.05, 0.1) is 12.3 Å². The van der Waals surface area contributed by atoms with Crippen molar-refractivity contribution < 1.29 is 9.47 Å². The van der Waals surface area contributed by atoms with Crippen LogP contribution in [0.3, 0.4) is 0 Å². The molecule has 0 bridgehead atoms. The van der Waals surface area contributed by atoms with Crippen molar-refractivity contribution in [2.75, 3.05) is 18.9 Å². The predicted octanol–water partition coefficient (Wildman–Crippen LogP) is 6.48. The SMILES string of the molecule is CCOc1cc(CNCCSc2nnnn2-c2ccccc2)c(Cl)cc1OCc1ccc(Cl)cc1Cl. The Kier molecular flexibility index (Phi) is 9.72. The summed E-state index contributed by atoms with van der Waals surface area (Å²) in [5.41, 5.74) is 2.66. The summed E-state index contributed by atoms with van der Waals surface area (Å²) in [5.74, 6) is 1.96. The summed E-state index contributed by atoms with van der Waals surface area (Å²) < 4.78 is 13.5. The van der Waals surface area contributed by atoms with Crippen molar-refractivity contribution in [3.05, 3.63) is 86.9 Å². The highest BCUT2D eigenvalue weighted by Crippen LogP contribution is 2.35. The number of rotatable bonds is 12. The summed E-state index contributed by atoms with van der Waals surface area (Å²) in [7, 11) is 0. The predicted molar refractivity (Wildman–Crippen MR) is 145 cm³/mol. The normalized spacial score (nSPS) is 11.0. The zero-order chi connectivity index (χ0) is 25.3. The molecule has 0 aliphatic heterocycles. The molecule has 3 aromatic carbocycles. The Bertz CT molecular complexity index is 1290. The highest BCUT2D eigenvalue weighted by molar-refractivity contribution is 7.99. The third kappa shape index (κ3) is 7.05. The zero-order valence-electron chi connectivity index (χ0n) is 19.5. The molecule has 0 fully saturated rings. The van der Waals surface area contributed by atoms with Gasteiger partial charge >= 0.3 is 0 Å². The Morgan fingerprint density at radius 1 is 0.917 bits per heavy atom. The quantitative estimate of drug-likeness (QED) is 0.156. The highest BCUT2D eigenvalue weighted by Gasteiger charge is 2.13. The summed E-state index contributed by atoms with van der Waals surface area (Å²) in [5, 5.41) is 17.9. The first-order valence-corrected chi connectivity index (χ1v) is 13.4. The molecule has 4 rings (SSSR count). The molecule has 36 heavy (non-hydrogen) atoms. The van der Waals surface area contributed by atoms with Crippen LogP contribution in [-0.2, 0) is 13.2 Å². The summed E-state index contributed by atoms with van der Waals surface area (Å²) in [4.78, 5) is 0. The molecule has 0 unspecified atom stereocenters. The number of nitrogens with one attached hydrogen (secondary N) is 1. The number of para-hydroxylation sites is 1. The first-order chi connectivity index (χ1) is 17.5. The van der Waals surface area contributed by atoms with Crippen LogP contribution >= 0.6 is 46.6 Å². The lowest BCUT2D eigenvalue weighted by Crippen LogP contribution is -2.17. The highest BCUT2D eigenvalue weighted by atomic mass is 35.5. The van der Waals surface area contributed by atoms with Gasteiger partial charge in [-0.15, -0.1) is 5.10 Å². The fourth-order valence-electron chi connectivity index (χ4n) is 3.33. The molecule has 0 saturated carbocycles. The number of hydrogen-bond donors (Lipinski definition) is 1. The number of tetrazole rings is 1. The van der Waals surface area contributed by atoms with E-state index >= 15 is 0 Å². The van der Waals surface area contributed by atoms with Crippen molar-refractivity contribution in [2.45, 2.75) is 25.2 Å². The van der Waals surface area contributed by atoms with Crippen LogP contribution in [0.15, 0.2) is 65.8 Å². The third-order valence-electron chi connectivity index (χ3n) is 5.08. The van der Waals surface area contributed by atoms with E-state index in [1.807, 2.05) is 49.4 Å². The molecule has 4 aromatic rings. The second-order valence-electron chi connectivity index (χ2n) is 7.58. The van der Waals surface area contributed by atoms with Gasteiger partial charge in [-0.3, -0.25) is 0 Å². The van der Waals surface area contributed by atoms with Crippen LogP contribution in [0.2, 0.25) is 15.1 Å². The maximum Gasteiger partial charge on any atom is 0.214 e. The van der Waals surface area contributed by atoms with Crippen LogP contribution in [0.4, 0.5) is 0 Å². The van der Waals surface area contributed by atoms with Gasteiger partial charge in [-0.25, -0.2) is 0 Å². The zero-order valence-corrected chi connectivity index (χ0v) is 22.5. The summed E-state index contributed by atoms with van der Waals surface area (Å²) in [6.07, 6.45) is 0. The number of ether oxygens (including phenoxy) is 2. The Morgan fingerprint density at radius 3 is 2.47 bits per heavy atom. The molecule has 1 N–H and O–H groups in total. The van der Waals surface area contributed by atoms with E-state index in [9.17, 15) is 0 Å². The van der Waals surface area contributed by atoms with Gasteiger partial charge in [0.1, 0.15) is 6.61 Å². The molecule has 0 aliphatic rings. The minimum atomic E-state index is 0.268. The van der Waals surface area contributed by atoms with E-state index < -0.39 is 0 Å². The number of nitrogens with zero attached hydrogens (tertiary/aromatic N) is 4. The van der Waals surface area contributed by atoms with Crippen molar-refractivity contribution in [1.82, 2.24) is 25.5 Å². The first kappa shape index (κ1) is 26.6. The van der Waals surface area contributed by atoms with Crippen molar-refractivity contribution in [1.29, 1.82) is 0 Å². The summed E-state index contributed by atoms with van der Waals surface area (Å²) in [6, 6.07) is 18.8. The molecular weight excluding hydrogens is 541 g/mol. The third-order valence-corrected chi connectivity index (χ3v) is 6.94. The smallest absolute Gasteiger partial charge is 0.214 e. The van der Waals surface area contributed by atoms with E-state index in [0.29, 0.717) is 39.7 Å². The molecule has 188 valence electrons. The van der Waals surface area contributed by atoms with Gasteiger partial charge in [0, 0.05) is 45.5 Å². The van der Waals surface area contributed by atoms with E-state index in [1.165, 1.54) is 0 Å². The van der Waals surface area contributed by atoms with Crippen LogP contribution < -0.4 is 14.8 Å². The molecule has 0 aliphatic carbocycles. The maximum atomic E-state index is 6.56. The second-order valence-corrected chi connectivity index (χ2v) is 9.89. The fourth-order valence-corrected chi connectivity index (χ4v) is 4.80. The number of hydrogen-bond acceptors (Lipinski definition) is 7. The minimum absolute atomic E-state index is 0.268. The van der Waals surface area contributed by atoms with Gasteiger partial charge in [0.25, 0.3) is 0 Å². The van der Waals surface area contributed by atoms with E-state index in [1.54, 1.807) is 34.6 Å². The minimum Gasteiger partial charge on any atom is -0.490 e. The Labute approximate surface area is 229 Å². The molecule has 0 radical (unpaired) electrons. The first-order valence-electron chi connectivity index (χ1n) is 11.2. The molecular formula is C25H24Cl3N5O2S. The van der Waals surface area contributed by atoms with Crippen LogP contribution in [0.25, 0.3) is 5.69 Å². The van der Waals surface area contributed by atoms with Gasteiger partial charge in [0.15, 0.2) is 11.5 Å². The lowest BCUT2D eigenvalue weighted by Gasteiger charge is -2.16. The number of thioether (sulfide) groups is 1. The average molecular weight is 565 g/mol. The Morgan fingerprint density at radius 2 is 1.69 bits per heavy atom. The van der Waals surface area contributed by atoms with Gasteiger partial charge < -0.3 is 14.8 Å².